The number of hydrogen-bond donors (Lipinski definition) is 1. The molecular weight excluding hydrogens is 320 g/mol. The lowest BCUT2D eigenvalue weighted by atomic mass is 10.2. The average Bonchev–Trinajstić information content (AvgIpc) is 2.68. The third kappa shape index (κ3) is 3.53. The number of para-hydroxylation sites is 2. The molecule has 2 aromatic carbocycles. The molecule has 130 valence electrons. The quantitative estimate of drug-likeness (QED) is 0.929. The van der Waals surface area contributed by atoms with Crippen molar-refractivity contribution in [2.24, 2.45) is 0 Å². The van der Waals surface area contributed by atoms with Gasteiger partial charge in [-0.05, 0) is 30.3 Å². The predicted octanol–water partition coefficient (Wildman–Crippen LogP) is 2.30. The van der Waals surface area contributed by atoms with Gasteiger partial charge >= 0.3 is 0 Å². The van der Waals surface area contributed by atoms with Gasteiger partial charge in [-0.25, -0.2) is 0 Å². The Bertz CT molecular complexity index is 759. The van der Waals surface area contributed by atoms with Gasteiger partial charge in [-0.2, -0.15) is 0 Å². The van der Waals surface area contributed by atoms with Gasteiger partial charge in [-0.1, -0.05) is 18.2 Å². The van der Waals surface area contributed by atoms with Crippen molar-refractivity contribution in [3.05, 3.63) is 48.5 Å². The summed E-state index contributed by atoms with van der Waals surface area (Å²) in [7, 11) is 0. The molecule has 6 heteroatoms. The van der Waals surface area contributed by atoms with E-state index in [9.17, 15) is 4.79 Å². The van der Waals surface area contributed by atoms with Gasteiger partial charge in [0.15, 0.2) is 11.5 Å². The Labute approximate surface area is 146 Å². The first-order valence-corrected chi connectivity index (χ1v) is 8.42. The van der Waals surface area contributed by atoms with Crippen LogP contribution in [-0.4, -0.2) is 44.9 Å². The third-order valence-corrected chi connectivity index (χ3v) is 4.29. The maximum atomic E-state index is 12.5. The first kappa shape index (κ1) is 15.8. The molecular formula is C19H20N2O4. The van der Waals surface area contributed by atoms with E-state index in [1.807, 2.05) is 42.5 Å². The lowest BCUT2D eigenvalue weighted by Crippen LogP contribution is -2.40. The van der Waals surface area contributed by atoms with Crippen molar-refractivity contribution in [1.82, 2.24) is 0 Å². The zero-order chi connectivity index (χ0) is 17.1. The van der Waals surface area contributed by atoms with Crippen LogP contribution in [-0.2, 0) is 9.53 Å². The van der Waals surface area contributed by atoms with Crippen LogP contribution in [0.5, 0.6) is 11.5 Å². The number of carbonyl (C=O) groups excluding carboxylic acids is 1. The van der Waals surface area contributed by atoms with Gasteiger partial charge in [-0.15, -0.1) is 0 Å². The molecule has 0 saturated carbocycles. The van der Waals surface area contributed by atoms with Crippen molar-refractivity contribution in [2.75, 3.05) is 43.1 Å². The highest BCUT2D eigenvalue weighted by Gasteiger charge is 2.27. The lowest BCUT2D eigenvalue weighted by molar-refractivity contribution is -0.125. The van der Waals surface area contributed by atoms with Crippen LogP contribution in [0.3, 0.4) is 0 Å². The maximum Gasteiger partial charge on any atom is 0.269 e. The topological polar surface area (TPSA) is 60.0 Å². The van der Waals surface area contributed by atoms with Crippen LogP contribution in [0.15, 0.2) is 48.5 Å². The summed E-state index contributed by atoms with van der Waals surface area (Å²) in [5.74, 6) is 1.05. The smallest absolute Gasteiger partial charge is 0.269 e. The zero-order valence-electron chi connectivity index (χ0n) is 13.8. The highest BCUT2D eigenvalue weighted by molar-refractivity contribution is 5.95. The van der Waals surface area contributed by atoms with E-state index < -0.39 is 6.10 Å². The Balaban J connectivity index is 1.43. The lowest BCUT2D eigenvalue weighted by Gasteiger charge is -2.29. The molecule has 25 heavy (non-hydrogen) atoms. The number of fused-ring (bicyclic) bond motifs is 1. The molecule has 2 heterocycles. The number of carbonyl (C=O) groups is 1. The highest BCUT2D eigenvalue weighted by Crippen LogP contribution is 2.31. The van der Waals surface area contributed by atoms with E-state index in [-0.39, 0.29) is 12.5 Å². The minimum Gasteiger partial charge on any atom is -0.485 e. The standard InChI is InChI=1S/C19H20N2O4/c22-19(18-13-24-16-6-1-2-7-17(16)25-18)20-14-4-3-5-15(12-14)21-8-10-23-11-9-21/h1-7,12,18H,8-11,13H2,(H,20,22). The van der Waals surface area contributed by atoms with Crippen molar-refractivity contribution in [3.63, 3.8) is 0 Å². The molecule has 0 aromatic heterocycles. The summed E-state index contributed by atoms with van der Waals surface area (Å²) in [6, 6.07) is 15.2. The number of ether oxygens (including phenoxy) is 3. The van der Waals surface area contributed by atoms with Crippen molar-refractivity contribution in [1.29, 1.82) is 0 Å². The highest BCUT2D eigenvalue weighted by atomic mass is 16.6. The number of morpholine rings is 1. The molecule has 1 saturated heterocycles. The van der Waals surface area contributed by atoms with Crippen LogP contribution in [0, 0.1) is 0 Å². The Hall–Kier alpha value is -2.73. The molecule has 2 aliphatic heterocycles. The summed E-state index contributed by atoms with van der Waals surface area (Å²) in [6.45, 7) is 3.36. The average molecular weight is 340 g/mol. The molecule has 6 nitrogen and oxygen atoms in total. The molecule has 2 aromatic rings. The Morgan fingerprint density at radius 2 is 1.84 bits per heavy atom. The zero-order valence-corrected chi connectivity index (χ0v) is 13.8. The Morgan fingerprint density at radius 1 is 1.04 bits per heavy atom. The van der Waals surface area contributed by atoms with E-state index in [1.165, 1.54) is 0 Å². The van der Waals surface area contributed by atoms with Gasteiger partial charge < -0.3 is 24.4 Å². The van der Waals surface area contributed by atoms with Gasteiger partial charge in [0.1, 0.15) is 6.61 Å². The molecule has 0 spiro atoms. The number of nitrogens with zero attached hydrogens (tertiary/aromatic N) is 1. The van der Waals surface area contributed by atoms with Crippen molar-refractivity contribution in [2.45, 2.75) is 6.10 Å². The second-order valence-corrected chi connectivity index (χ2v) is 6.00. The second-order valence-electron chi connectivity index (χ2n) is 6.00. The fraction of sp³-hybridized carbons (Fsp3) is 0.316. The first-order chi connectivity index (χ1) is 12.3. The molecule has 0 aliphatic carbocycles. The van der Waals surface area contributed by atoms with Crippen molar-refractivity contribution >= 4 is 17.3 Å². The van der Waals surface area contributed by atoms with Gasteiger partial charge in [0.05, 0.1) is 13.2 Å². The maximum absolute atomic E-state index is 12.5. The fourth-order valence-electron chi connectivity index (χ4n) is 2.97. The van der Waals surface area contributed by atoms with Crippen LogP contribution in [0.25, 0.3) is 0 Å². The minimum atomic E-state index is -0.665. The molecule has 0 radical (unpaired) electrons. The number of hydrogen-bond acceptors (Lipinski definition) is 5. The monoisotopic (exact) mass is 340 g/mol. The number of nitrogens with one attached hydrogen (secondary N) is 1. The van der Waals surface area contributed by atoms with E-state index in [0.717, 1.165) is 37.7 Å². The molecule has 1 amide bonds. The van der Waals surface area contributed by atoms with Crippen LogP contribution < -0.4 is 19.7 Å². The van der Waals surface area contributed by atoms with Crippen LogP contribution in [0.2, 0.25) is 0 Å². The minimum absolute atomic E-state index is 0.200. The SMILES string of the molecule is O=C(Nc1cccc(N2CCOCC2)c1)C1COc2ccccc2O1. The second kappa shape index (κ2) is 7.03. The van der Waals surface area contributed by atoms with E-state index in [2.05, 4.69) is 10.2 Å². The largest absolute Gasteiger partial charge is 0.485 e. The van der Waals surface area contributed by atoms with Crippen LogP contribution in [0.1, 0.15) is 0 Å². The molecule has 2 aliphatic rings. The summed E-state index contributed by atoms with van der Waals surface area (Å²) < 4.78 is 16.7. The number of benzene rings is 2. The van der Waals surface area contributed by atoms with E-state index in [0.29, 0.717) is 11.5 Å². The summed E-state index contributed by atoms with van der Waals surface area (Å²) in [5, 5.41) is 2.92. The molecule has 1 atom stereocenters. The fourth-order valence-corrected chi connectivity index (χ4v) is 2.97. The van der Waals surface area contributed by atoms with Gasteiger partial charge in [0.25, 0.3) is 5.91 Å². The Kier molecular flexibility index (Phi) is 4.43. The van der Waals surface area contributed by atoms with E-state index in [1.54, 1.807) is 6.07 Å². The summed E-state index contributed by atoms with van der Waals surface area (Å²) in [5.41, 5.74) is 1.82. The molecule has 1 unspecified atom stereocenters. The summed E-state index contributed by atoms with van der Waals surface area (Å²) in [6.07, 6.45) is -0.665. The molecule has 1 fully saturated rings. The van der Waals surface area contributed by atoms with Crippen LogP contribution >= 0.6 is 0 Å². The van der Waals surface area contributed by atoms with Crippen LogP contribution in [0.4, 0.5) is 11.4 Å². The van der Waals surface area contributed by atoms with E-state index in [4.69, 9.17) is 14.2 Å². The van der Waals surface area contributed by atoms with E-state index >= 15 is 0 Å². The predicted molar refractivity (Wildman–Crippen MR) is 94.5 cm³/mol. The van der Waals surface area contributed by atoms with Gasteiger partial charge in [0, 0.05) is 24.5 Å². The van der Waals surface area contributed by atoms with Gasteiger partial charge in [0.2, 0.25) is 6.10 Å². The molecule has 1 N–H and O–H groups in total. The third-order valence-electron chi connectivity index (χ3n) is 4.29. The number of rotatable bonds is 3. The molecule has 4 rings (SSSR count). The normalized spacial score (nSPS) is 19.4. The number of amides is 1. The van der Waals surface area contributed by atoms with Crippen molar-refractivity contribution in [3.8, 4) is 11.5 Å². The van der Waals surface area contributed by atoms with Gasteiger partial charge in [-0.3, -0.25) is 4.79 Å². The first-order valence-electron chi connectivity index (χ1n) is 8.42. The summed E-state index contributed by atoms with van der Waals surface area (Å²) in [4.78, 5) is 14.8. The Morgan fingerprint density at radius 3 is 2.68 bits per heavy atom. The van der Waals surface area contributed by atoms with Crippen molar-refractivity contribution < 1.29 is 19.0 Å². The molecule has 0 bridgehead atoms. The number of anilines is 2. The summed E-state index contributed by atoms with van der Waals surface area (Å²) >= 11 is 0.